The van der Waals surface area contributed by atoms with E-state index in [4.69, 9.17) is 0 Å². The summed E-state index contributed by atoms with van der Waals surface area (Å²) in [5, 5.41) is 7.52. The lowest BCUT2D eigenvalue weighted by atomic mass is 10.1. The van der Waals surface area contributed by atoms with Gasteiger partial charge in [-0.2, -0.15) is 0 Å². The Morgan fingerprint density at radius 3 is 2.50 bits per heavy atom. The lowest BCUT2D eigenvalue weighted by molar-refractivity contribution is 0.0994. The summed E-state index contributed by atoms with van der Waals surface area (Å²) in [5.41, 5.74) is 2.99. The minimum atomic E-state index is -0.237. The van der Waals surface area contributed by atoms with Gasteiger partial charge in [-0.25, -0.2) is 4.98 Å². The van der Waals surface area contributed by atoms with Crippen LogP contribution < -0.4 is 0 Å². The molecule has 3 aromatic rings. The smallest absolute Gasteiger partial charge is 0.209 e. The van der Waals surface area contributed by atoms with E-state index in [2.05, 4.69) is 34.2 Å². The average molecular weight is 337 g/mol. The predicted octanol–water partition coefficient (Wildman–Crippen LogP) is 4.40. The summed E-state index contributed by atoms with van der Waals surface area (Å²) in [6.45, 7) is 4.01. The Labute approximate surface area is 145 Å². The third-order valence-electron chi connectivity index (χ3n) is 3.81. The van der Waals surface area contributed by atoms with Gasteiger partial charge in [0.25, 0.3) is 0 Å². The molecule has 0 unspecified atom stereocenters. The molecule has 0 saturated heterocycles. The number of aryl methyl sites for hydroxylation is 1. The van der Waals surface area contributed by atoms with Gasteiger partial charge in [0.15, 0.2) is 11.6 Å². The number of hydrogen-bond donors (Lipinski definition) is 1. The first-order valence-corrected chi connectivity index (χ1v) is 8.83. The molecule has 0 saturated carbocycles. The van der Waals surface area contributed by atoms with Gasteiger partial charge in [0, 0.05) is 11.1 Å². The number of aromatic amines is 1. The summed E-state index contributed by atoms with van der Waals surface area (Å²) in [5.74, 6) is 0.804. The summed E-state index contributed by atoms with van der Waals surface area (Å²) in [6.07, 6.45) is 1.01. The lowest BCUT2D eigenvalue weighted by Gasteiger charge is -2.07. The molecule has 1 heterocycles. The van der Waals surface area contributed by atoms with Crippen LogP contribution in [0.4, 0.5) is 0 Å². The molecule has 2 aromatic carbocycles. The molecule has 1 aromatic heterocycles. The molecule has 3 rings (SSSR count). The first-order valence-electron chi connectivity index (χ1n) is 7.95. The van der Waals surface area contributed by atoms with Gasteiger partial charge in [-0.3, -0.25) is 9.89 Å². The van der Waals surface area contributed by atoms with Crippen molar-refractivity contribution in [2.24, 2.45) is 0 Å². The zero-order valence-electron chi connectivity index (χ0n) is 13.7. The topological polar surface area (TPSA) is 58.6 Å². The Bertz CT molecular complexity index is 812. The van der Waals surface area contributed by atoms with Crippen molar-refractivity contribution < 1.29 is 4.79 Å². The molecule has 0 radical (unpaired) electrons. The predicted molar refractivity (Wildman–Crippen MR) is 97.3 cm³/mol. The van der Waals surface area contributed by atoms with E-state index in [0.29, 0.717) is 10.7 Å². The molecule has 24 heavy (non-hydrogen) atoms. The number of benzene rings is 2. The first-order chi connectivity index (χ1) is 11.7. The van der Waals surface area contributed by atoms with Crippen LogP contribution in [0.15, 0.2) is 59.8 Å². The molecule has 0 bridgehead atoms. The van der Waals surface area contributed by atoms with Gasteiger partial charge in [-0.1, -0.05) is 73.3 Å². The summed E-state index contributed by atoms with van der Waals surface area (Å²) in [6, 6.07) is 17.6. The van der Waals surface area contributed by atoms with E-state index in [0.717, 1.165) is 17.8 Å². The number of H-pyrrole nitrogens is 1. The maximum absolute atomic E-state index is 12.4. The molecule has 5 heteroatoms. The highest BCUT2D eigenvalue weighted by molar-refractivity contribution is 8.00. The summed E-state index contributed by atoms with van der Waals surface area (Å²) in [7, 11) is 0. The normalized spacial score (nSPS) is 12.1. The second-order valence-electron chi connectivity index (χ2n) is 5.51. The fourth-order valence-electron chi connectivity index (χ4n) is 2.38. The number of rotatable bonds is 6. The fourth-order valence-corrected chi connectivity index (χ4v) is 3.18. The van der Waals surface area contributed by atoms with Crippen molar-refractivity contribution in [1.29, 1.82) is 0 Å². The van der Waals surface area contributed by atoms with E-state index in [-0.39, 0.29) is 11.0 Å². The Hall–Kier alpha value is -2.40. The molecule has 0 aliphatic heterocycles. The Morgan fingerprint density at radius 1 is 1.12 bits per heavy atom. The maximum Gasteiger partial charge on any atom is 0.209 e. The molecule has 1 N–H and O–H groups in total. The minimum Gasteiger partial charge on any atom is -0.293 e. The molecular weight excluding hydrogens is 318 g/mol. The van der Waals surface area contributed by atoms with E-state index < -0.39 is 0 Å². The summed E-state index contributed by atoms with van der Waals surface area (Å²) in [4.78, 5) is 16.9. The number of hydrogen-bond acceptors (Lipinski definition) is 4. The zero-order chi connectivity index (χ0) is 16.9. The van der Waals surface area contributed by atoms with Crippen molar-refractivity contribution in [3.8, 4) is 11.4 Å². The Kier molecular flexibility index (Phi) is 5.11. The second-order valence-corrected chi connectivity index (χ2v) is 6.82. The Morgan fingerprint density at radius 2 is 1.83 bits per heavy atom. The van der Waals surface area contributed by atoms with Gasteiger partial charge in [0.2, 0.25) is 5.16 Å². The molecule has 122 valence electrons. The number of nitrogens with zero attached hydrogens (tertiary/aromatic N) is 2. The minimum absolute atomic E-state index is 0.0826. The number of aromatic nitrogens is 3. The standard InChI is InChI=1S/C19H19N3OS/c1-3-14-9-11-16(12-10-14)18-20-19(22-21-18)24-13(2)17(23)15-7-5-4-6-8-15/h4-13H,3H2,1-2H3,(H,20,21,22)/t13-/m0/s1. The maximum atomic E-state index is 12.4. The van der Waals surface area contributed by atoms with Crippen LogP contribution in [0.5, 0.6) is 0 Å². The number of carbonyl (C=O) groups excluding carboxylic acids is 1. The molecule has 0 amide bonds. The molecule has 1 atom stereocenters. The van der Waals surface area contributed by atoms with Gasteiger partial charge < -0.3 is 0 Å². The van der Waals surface area contributed by atoms with E-state index in [1.165, 1.54) is 17.3 Å². The Balaban J connectivity index is 1.70. The SMILES string of the molecule is CCc1ccc(-c2nc(S[C@@H](C)C(=O)c3ccccc3)n[nH]2)cc1. The van der Waals surface area contributed by atoms with E-state index in [9.17, 15) is 4.79 Å². The van der Waals surface area contributed by atoms with Crippen molar-refractivity contribution in [3.05, 3.63) is 65.7 Å². The van der Waals surface area contributed by atoms with Crippen LogP contribution in [-0.2, 0) is 6.42 Å². The van der Waals surface area contributed by atoms with Gasteiger partial charge >= 0.3 is 0 Å². The molecule has 4 nitrogen and oxygen atoms in total. The summed E-state index contributed by atoms with van der Waals surface area (Å²) < 4.78 is 0. The zero-order valence-corrected chi connectivity index (χ0v) is 14.5. The van der Waals surface area contributed by atoms with Crippen molar-refractivity contribution in [1.82, 2.24) is 15.2 Å². The third kappa shape index (κ3) is 3.74. The summed E-state index contributed by atoms with van der Waals surface area (Å²) >= 11 is 1.37. The molecule has 0 fully saturated rings. The van der Waals surface area contributed by atoms with Crippen LogP contribution in [0.25, 0.3) is 11.4 Å². The van der Waals surface area contributed by atoms with Gasteiger partial charge in [0.1, 0.15) is 0 Å². The number of ketones is 1. The van der Waals surface area contributed by atoms with Crippen LogP contribution in [0.2, 0.25) is 0 Å². The number of thioether (sulfide) groups is 1. The lowest BCUT2D eigenvalue weighted by Crippen LogP contribution is -2.13. The highest BCUT2D eigenvalue weighted by Gasteiger charge is 2.18. The van der Waals surface area contributed by atoms with Crippen molar-refractivity contribution in [2.45, 2.75) is 30.7 Å². The molecular formula is C19H19N3OS. The highest BCUT2D eigenvalue weighted by Crippen LogP contribution is 2.25. The van der Waals surface area contributed by atoms with E-state index in [1.807, 2.05) is 49.4 Å². The fraction of sp³-hybridized carbons (Fsp3) is 0.211. The van der Waals surface area contributed by atoms with E-state index >= 15 is 0 Å². The number of carbonyl (C=O) groups is 1. The third-order valence-corrected chi connectivity index (χ3v) is 4.77. The quantitative estimate of drug-likeness (QED) is 0.535. The largest absolute Gasteiger partial charge is 0.293 e. The molecule has 0 spiro atoms. The number of nitrogens with one attached hydrogen (secondary N) is 1. The second kappa shape index (κ2) is 7.45. The van der Waals surface area contributed by atoms with Crippen LogP contribution in [-0.4, -0.2) is 26.2 Å². The van der Waals surface area contributed by atoms with Gasteiger partial charge in [-0.15, -0.1) is 5.10 Å². The van der Waals surface area contributed by atoms with Crippen molar-refractivity contribution >= 4 is 17.5 Å². The molecule has 0 aliphatic carbocycles. The van der Waals surface area contributed by atoms with Crippen molar-refractivity contribution in [2.75, 3.05) is 0 Å². The van der Waals surface area contributed by atoms with Gasteiger partial charge in [0.05, 0.1) is 5.25 Å². The van der Waals surface area contributed by atoms with Gasteiger partial charge in [-0.05, 0) is 18.9 Å². The molecule has 0 aliphatic rings. The van der Waals surface area contributed by atoms with Crippen LogP contribution >= 0.6 is 11.8 Å². The van der Waals surface area contributed by atoms with Crippen LogP contribution in [0.3, 0.4) is 0 Å². The van der Waals surface area contributed by atoms with E-state index in [1.54, 1.807) is 0 Å². The van der Waals surface area contributed by atoms with Crippen LogP contribution in [0.1, 0.15) is 29.8 Å². The highest BCUT2D eigenvalue weighted by atomic mass is 32.2. The monoisotopic (exact) mass is 337 g/mol. The first kappa shape index (κ1) is 16.5. The van der Waals surface area contributed by atoms with Crippen LogP contribution in [0, 0.1) is 0 Å². The number of Topliss-reactive ketones (excluding diaryl/α,β-unsaturated/α-hetero) is 1. The van der Waals surface area contributed by atoms with Crippen molar-refractivity contribution in [3.63, 3.8) is 0 Å². The average Bonchev–Trinajstić information content (AvgIpc) is 3.10.